The van der Waals surface area contributed by atoms with Crippen LogP contribution in [-0.2, 0) is 0 Å². The average molecular weight is 247 g/mol. The predicted octanol–water partition coefficient (Wildman–Crippen LogP) is 4.29. The van der Waals surface area contributed by atoms with Crippen LogP contribution < -0.4 is 0 Å². The second kappa shape index (κ2) is 7.13. The zero-order chi connectivity index (χ0) is 11.1. The van der Waals surface area contributed by atoms with Gasteiger partial charge in [0.2, 0.25) is 0 Å². The highest BCUT2D eigenvalue weighted by atomic mass is 35.5. The van der Waals surface area contributed by atoms with E-state index in [1.807, 2.05) is 23.9 Å². The van der Waals surface area contributed by atoms with Gasteiger partial charge in [-0.3, -0.25) is 0 Å². The van der Waals surface area contributed by atoms with E-state index in [4.69, 9.17) is 11.6 Å². The van der Waals surface area contributed by atoms with Gasteiger partial charge in [0.05, 0.1) is 0 Å². The molecule has 0 N–H and O–H groups in total. The van der Waals surface area contributed by atoms with Crippen LogP contribution in [0.25, 0.3) is 0 Å². The van der Waals surface area contributed by atoms with Crippen molar-refractivity contribution in [1.29, 1.82) is 0 Å². The Bertz CT molecular complexity index is 291. The molecule has 0 nitrogen and oxygen atoms in total. The van der Waals surface area contributed by atoms with Crippen molar-refractivity contribution in [1.82, 2.24) is 0 Å². The van der Waals surface area contributed by atoms with Crippen LogP contribution in [0.2, 0.25) is 0 Å². The summed E-state index contributed by atoms with van der Waals surface area (Å²) in [5, 5.41) is 0. The molecule has 84 valence electrons. The highest BCUT2D eigenvalue weighted by Crippen LogP contribution is 2.25. The molecule has 1 aromatic carbocycles. The lowest BCUT2D eigenvalue weighted by molar-refractivity contribution is 0.574. The SMILES string of the molecule is CSCCCC(CCl)c1ccccc1F. The molecule has 0 fully saturated rings. The summed E-state index contributed by atoms with van der Waals surface area (Å²) in [7, 11) is 0. The van der Waals surface area contributed by atoms with Crippen molar-refractivity contribution >= 4 is 23.4 Å². The second-order valence-electron chi connectivity index (χ2n) is 3.51. The van der Waals surface area contributed by atoms with Crippen LogP contribution in [0, 0.1) is 5.82 Å². The molecular formula is C12H16ClFS. The Labute approximate surface area is 100 Å². The molecule has 3 heteroatoms. The molecule has 0 aliphatic heterocycles. The van der Waals surface area contributed by atoms with Crippen LogP contribution in [0.15, 0.2) is 24.3 Å². The first-order chi connectivity index (χ1) is 7.29. The minimum atomic E-state index is -0.132. The average Bonchev–Trinajstić information content (AvgIpc) is 2.26. The Morgan fingerprint density at radius 2 is 2.13 bits per heavy atom. The molecule has 0 aromatic heterocycles. The molecule has 1 aromatic rings. The van der Waals surface area contributed by atoms with Gasteiger partial charge in [-0.25, -0.2) is 4.39 Å². The number of thioether (sulfide) groups is 1. The third-order valence-corrected chi connectivity index (χ3v) is 3.50. The third kappa shape index (κ3) is 4.04. The highest BCUT2D eigenvalue weighted by Gasteiger charge is 2.13. The fraction of sp³-hybridized carbons (Fsp3) is 0.500. The van der Waals surface area contributed by atoms with E-state index >= 15 is 0 Å². The maximum absolute atomic E-state index is 13.5. The van der Waals surface area contributed by atoms with Crippen molar-refractivity contribution in [2.24, 2.45) is 0 Å². The quantitative estimate of drug-likeness (QED) is 0.533. The molecule has 1 unspecified atom stereocenters. The summed E-state index contributed by atoms with van der Waals surface area (Å²) < 4.78 is 13.5. The van der Waals surface area contributed by atoms with Gasteiger partial charge in [0.25, 0.3) is 0 Å². The number of halogens is 2. The normalized spacial score (nSPS) is 12.7. The standard InChI is InChI=1S/C12H16ClFS/c1-15-8-4-5-10(9-13)11-6-2-3-7-12(11)14/h2-3,6-7,10H,4-5,8-9H2,1H3. The lowest BCUT2D eigenvalue weighted by Gasteiger charge is -2.14. The van der Waals surface area contributed by atoms with Gasteiger partial charge < -0.3 is 0 Å². The summed E-state index contributed by atoms with van der Waals surface area (Å²) >= 11 is 7.70. The van der Waals surface area contributed by atoms with E-state index in [0.717, 1.165) is 24.2 Å². The first-order valence-corrected chi connectivity index (χ1v) is 7.01. The van der Waals surface area contributed by atoms with Gasteiger partial charge in [-0.1, -0.05) is 18.2 Å². The summed E-state index contributed by atoms with van der Waals surface area (Å²) in [6.45, 7) is 0. The Kier molecular flexibility index (Phi) is 6.11. The van der Waals surface area contributed by atoms with E-state index in [-0.39, 0.29) is 11.7 Å². The molecule has 0 saturated carbocycles. The fourth-order valence-corrected chi connectivity index (χ4v) is 2.37. The van der Waals surface area contributed by atoms with Gasteiger partial charge in [0.1, 0.15) is 5.82 Å². The molecule has 1 rings (SSSR count). The van der Waals surface area contributed by atoms with Crippen LogP contribution in [-0.4, -0.2) is 17.9 Å². The highest BCUT2D eigenvalue weighted by molar-refractivity contribution is 7.98. The summed E-state index contributed by atoms with van der Waals surface area (Å²) in [6, 6.07) is 6.92. The van der Waals surface area contributed by atoms with E-state index in [1.165, 1.54) is 6.07 Å². The Morgan fingerprint density at radius 1 is 1.40 bits per heavy atom. The van der Waals surface area contributed by atoms with Crippen molar-refractivity contribution in [2.75, 3.05) is 17.9 Å². The van der Waals surface area contributed by atoms with Crippen molar-refractivity contribution in [3.8, 4) is 0 Å². The molecule has 0 saturated heterocycles. The number of alkyl halides is 1. The maximum atomic E-state index is 13.5. The van der Waals surface area contributed by atoms with E-state index in [1.54, 1.807) is 6.07 Å². The summed E-state index contributed by atoms with van der Waals surface area (Å²) in [5.74, 6) is 1.63. The van der Waals surface area contributed by atoms with Gasteiger partial charge in [-0.05, 0) is 36.5 Å². The van der Waals surface area contributed by atoms with E-state index in [0.29, 0.717) is 5.88 Å². The molecule has 0 bridgehead atoms. The van der Waals surface area contributed by atoms with Gasteiger partial charge in [0.15, 0.2) is 0 Å². The second-order valence-corrected chi connectivity index (χ2v) is 4.80. The first-order valence-electron chi connectivity index (χ1n) is 5.09. The molecule has 0 aliphatic carbocycles. The lowest BCUT2D eigenvalue weighted by atomic mass is 9.96. The molecule has 0 heterocycles. The minimum Gasteiger partial charge on any atom is -0.207 e. The number of benzene rings is 1. The molecular weight excluding hydrogens is 231 g/mol. The topological polar surface area (TPSA) is 0 Å². The maximum Gasteiger partial charge on any atom is 0.126 e. The van der Waals surface area contributed by atoms with Crippen molar-refractivity contribution in [2.45, 2.75) is 18.8 Å². The van der Waals surface area contributed by atoms with E-state index in [9.17, 15) is 4.39 Å². The van der Waals surface area contributed by atoms with Crippen LogP contribution in [0.4, 0.5) is 4.39 Å². The Morgan fingerprint density at radius 3 is 2.73 bits per heavy atom. The Balaban J connectivity index is 2.61. The number of rotatable bonds is 6. The van der Waals surface area contributed by atoms with Gasteiger partial charge in [0, 0.05) is 11.8 Å². The zero-order valence-corrected chi connectivity index (χ0v) is 10.5. The molecule has 0 amide bonds. The predicted molar refractivity (Wildman–Crippen MR) is 67.5 cm³/mol. The zero-order valence-electron chi connectivity index (χ0n) is 8.88. The molecule has 15 heavy (non-hydrogen) atoms. The molecule has 0 radical (unpaired) electrons. The molecule has 1 atom stereocenters. The van der Waals surface area contributed by atoms with E-state index in [2.05, 4.69) is 6.26 Å². The van der Waals surface area contributed by atoms with Crippen LogP contribution >= 0.6 is 23.4 Å². The van der Waals surface area contributed by atoms with Gasteiger partial charge >= 0.3 is 0 Å². The third-order valence-electron chi connectivity index (χ3n) is 2.43. The van der Waals surface area contributed by atoms with Crippen molar-refractivity contribution in [3.05, 3.63) is 35.6 Å². The van der Waals surface area contributed by atoms with Crippen LogP contribution in [0.1, 0.15) is 24.3 Å². The summed E-state index contributed by atoms with van der Waals surface area (Å²) in [4.78, 5) is 0. The smallest absolute Gasteiger partial charge is 0.126 e. The van der Waals surface area contributed by atoms with Crippen molar-refractivity contribution < 1.29 is 4.39 Å². The fourth-order valence-electron chi connectivity index (χ4n) is 1.60. The Hall–Kier alpha value is -0.210. The van der Waals surface area contributed by atoms with Crippen LogP contribution in [0.3, 0.4) is 0 Å². The van der Waals surface area contributed by atoms with E-state index < -0.39 is 0 Å². The first kappa shape index (κ1) is 12.9. The number of hydrogen-bond acceptors (Lipinski definition) is 1. The largest absolute Gasteiger partial charge is 0.207 e. The summed E-state index contributed by atoms with van der Waals surface area (Å²) in [5.41, 5.74) is 0.758. The molecule has 0 aliphatic rings. The van der Waals surface area contributed by atoms with Gasteiger partial charge in [-0.2, -0.15) is 11.8 Å². The van der Waals surface area contributed by atoms with Gasteiger partial charge in [-0.15, -0.1) is 11.6 Å². The van der Waals surface area contributed by atoms with Crippen LogP contribution in [0.5, 0.6) is 0 Å². The monoisotopic (exact) mass is 246 g/mol. The minimum absolute atomic E-state index is 0.132. The lowest BCUT2D eigenvalue weighted by Crippen LogP contribution is -2.03. The molecule has 0 spiro atoms. The van der Waals surface area contributed by atoms with Crippen molar-refractivity contribution in [3.63, 3.8) is 0 Å². The summed E-state index contributed by atoms with van der Waals surface area (Å²) in [6.07, 6.45) is 4.14. The number of hydrogen-bond donors (Lipinski definition) is 0.